The first kappa shape index (κ1) is 19.1. The van der Waals surface area contributed by atoms with Gasteiger partial charge in [0.2, 0.25) is 10.0 Å². The number of nitrogens with zero attached hydrogens (tertiary/aromatic N) is 1. The van der Waals surface area contributed by atoms with Gasteiger partial charge < -0.3 is 4.74 Å². The molecule has 0 aliphatic rings. The number of benzene rings is 2. The lowest BCUT2D eigenvalue weighted by Gasteiger charge is -2.14. The van der Waals surface area contributed by atoms with Gasteiger partial charge in [0.25, 0.3) is 0 Å². The molecule has 2 aromatic carbocycles. The Labute approximate surface area is 153 Å². The van der Waals surface area contributed by atoms with E-state index in [1.54, 1.807) is 24.4 Å². The fourth-order valence-electron chi connectivity index (χ4n) is 2.58. The SMILES string of the molecule is Cc1cnc2c(S(=O)(=O)NCc3ccccc3OC(F)(F)F)cccc2c1. The summed E-state index contributed by atoms with van der Waals surface area (Å²) < 4.78 is 69.1. The second kappa shape index (κ2) is 7.16. The number of hydrogen-bond donors (Lipinski definition) is 1. The molecule has 1 aromatic heterocycles. The number of fused-ring (bicyclic) bond motifs is 1. The van der Waals surface area contributed by atoms with Gasteiger partial charge in [-0.25, -0.2) is 13.1 Å². The van der Waals surface area contributed by atoms with Crippen molar-refractivity contribution in [1.82, 2.24) is 9.71 Å². The van der Waals surface area contributed by atoms with E-state index in [0.717, 1.165) is 11.6 Å². The predicted molar refractivity (Wildman–Crippen MR) is 93.6 cm³/mol. The average Bonchev–Trinajstić information content (AvgIpc) is 2.59. The molecule has 0 aliphatic heterocycles. The van der Waals surface area contributed by atoms with E-state index in [4.69, 9.17) is 0 Å². The molecule has 1 N–H and O–H groups in total. The van der Waals surface area contributed by atoms with Crippen LogP contribution in [0.3, 0.4) is 0 Å². The maximum absolute atomic E-state index is 12.7. The molecular weight excluding hydrogens is 381 g/mol. The lowest BCUT2D eigenvalue weighted by molar-refractivity contribution is -0.274. The third-order valence-corrected chi connectivity index (χ3v) is 5.18. The molecule has 27 heavy (non-hydrogen) atoms. The van der Waals surface area contributed by atoms with Crippen LogP contribution in [0.2, 0.25) is 0 Å². The van der Waals surface area contributed by atoms with Crippen molar-refractivity contribution in [3.05, 3.63) is 65.9 Å². The van der Waals surface area contributed by atoms with Gasteiger partial charge in [-0.1, -0.05) is 30.3 Å². The minimum Gasteiger partial charge on any atom is -0.405 e. The Balaban J connectivity index is 1.89. The molecule has 0 spiro atoms. The number of sulfonamides is 1. The third-order valence-electron chi connectivity index (χ3n) is 3.75. The first-order chi connectivity index (χ1) is 12.7. The number of hydrogen-bond acceptors (Lipinski definition) is 4. The molecular formula is C18H15F3N2O3S. The largest absolute Gasteiger partial charge is 0.573 e. The van der Waals surface area contributed by atoms with Gasteiger partial charge in [-0.2, -0.15) is 0 Å². The maximum Gasteiger partial charge on any atom is 0.573 e. The topological polar surface area (TPSA) is 68.3 Å². The van der Waals surface area contributed by atoms with Gasteiger partial charge in [-0.15, -0.1) is 13.2 Å². The summed E-state index contributed by atoms with van der Waals surface area (Å²) in [6.45, 7) is 1.47. The third kappa shape index (κ3) is 4.55. The van der Waals surface area contributed by atoms with Crippen molar-refractivity contribution in [3.63, 3.8) is 0 Å². The van der Waals surface area contributed by atoms with Gasteiger partial charge in [0.15, 0.2) is 0 Å². The summed E-state index contributed by atoms with van der Waals surface area (Å²) in [6, 6.07) is 11.9. The Hall–Kier alpha value is -2.65. The van der Waals surface area contributed by atoms with E-state index in [2.05, 4.69) is 14.4 Å². The van der Waals surface area contributed by atoms with Gasteiger partial charge in [-0.3, -0.25) is 4.98 Å². The highest BCUT2D eigenvalue weighted by Gasteiger charge is 2.32. The van der Waals surface area contributed by atoms with Gasteiger partial charge in [-0.05, 0) is 30.7 Å². The molecule has 0 aliphatic carbocycles. The molecule has 1 heterocycles. The summed E-state index contributed by atoms with van der Waals surface area (Å²) >= 11 is 0. The molecule has 0 saturated carbocycles. The van der Waals surface area contributed by atoms with Crippen LogP contribution in [0.25, 0.3) is 10.9 Å². The van der Waals surface area contributed by atoms with Crippen LogP contribution in [0.4, 0.5) is 13.2 Å². The van der Waals surface area contributed by atoms with E-state index in [1.165, 1.54) is 24.3 Å². The highest BCUT2D eigenvalue weighted by atomic mass is 32.2. The zero-order valence-electron chi connectivity index (χ0n) is 14.1. The number of aryl methyl sites for hydroxylation is 1. The average molecular weight is 396 g/mol. The molecule has 142 valence electrons. The molecule has 5 nitrogen and oxygen atoms in total. The second-order valence-electron chi connectivity index (χ2n) is 5.82. The predicted octanol–water partition coefficient (Wildman–Crippen LogP) is 3.92. The normalized spacial score (nSPS) is 12.3. The minimum atomic E-state index is -4.87. The Bertz CT molecular complexity index is 1080. The van der Waals surface area contributed by atoms with Gasteiger partial charge in [0.05, 0.1) is 5.52 Å². The van der Waals surface area contributed by atoms with E-state index in [-0.39, 0.29) is 22.5 Å². The van der Waals surface area contributed by atoms with Crippen molar-refractivity contribution in [3.8, 4) is 5.75 Å². The first-order valence-corrected chi connectivity index (χ1v) is 9.33. The van der Waals surface area contributed by atoms with Crippen molar-refractivity contribution in [2.24, 2.45) is 0 Å². The van der Waals surface area contributed by atoms with Crippen molar-refractivity contribution < 1.29 is 26.3 Å². The highest BCUT2D eigenvalue weighted by Crippen LogP contribution is 2.27. The van der Waals surface area contributed by atoms with E-state index in [0.29, 0.717) is 5.39 Å². The van der Waals surface area contributed by atoms with Crippen LogP contribution in [-0.4, -0.2) is 19.8 Å². The van der Waals surface area contributed by atoms with Crippen LogP contribution in [-0.2, 0) is 16.6 Å². The van der Waals surface area contributed by atoms with E-state index in [1.807, 2.05) is 6.92 Å². The molecule has 0 saturated heterocycles. The van der Waals surface area contributed by atoms with Crippen molar-refractivity contribution in [2.75, 3.05) is 0 Å². The Morgan fingerprint density at radius 3 is 2.59 bits per heavy atom. The van der Waals surface area contributed by atoms with Gasteiger partial charge in [0, 0.05) is 23.7 Å². The number of halogens is 3. The number of alkyl halides is 3. The number of pyridine rings is 1. The van der Waals surface area contributed by atoms with E-state index < -0.39 is 22.1 Å². The second-order valence-corrected chi connectivity index (χ2v) is 7.56. The van der Waals surface area contributed by atoms with Crippen LogP contribution in [0.15, 0.2) is 59.6 Å². The molecule has 3 aromatic rings. The van der Waals surface area contributed by atoms with Gasteiger partial charge in [0.1, 0.15) is 10.6 Å². The lowest BCUT2D eigenvalue weighted by Crippen LogP contribution is -2.25. The number of ether oxygens (including phenoxy) is 1. The molecule has 0 atom stereocenters. The Morgan fingerprint density at radius 1 is 1.11 bits per heavy atom. The van der Waals surface area contributed by atoms with Crippen LogP contribution in [0.1, 0.15) is 11.1 Å². The van der Waals surface area contributed by atoms with Crippen molar-refractivity contribution >= 4 is 20.9 Å². The zero-order chi connectivity index (χ0) is 19.7. The Kier molecular flexibility index (Phi) is 5.07. The van der Waals surface area contributed by atoms with E-state index >= 15 is 0 Å². The van der Waals surface area contributed by atoms with Crippen molar-refractivity contribution in [2.45, 2.75) is 24.7 Å². The quantitative estimate of drug-likeness (QED) is 0.710. The van der Waals surface area contributed by atoms with Crippen LogP contribution in [0.5, 0.6) is 5.75 Å². The number of nitrogens with one attached hydrogen (secondary N) is 1. The first-order valence-electron chi connectivity index (χ1n) is 7.84. The number of rotatable bonds is 5. The lowest BCUT2D eigenvalue weighted by atomic mass is 10.2. The fourth-order valence-corrected chi connectivity index (χ4v) is 3.77. The van der Waals surface area contributed by atoms with Crippen LogP contribution in [0, 0.1) is 6.92 Å². The van der Waals surface area contributed by atoms with Gasteiger partial charge >= 0.3 is 6.36 Å². The number of para-hydroxylation sites is 2. The highest BCUT2D eigenvalue weighted by molar-refractivity contribution is 7.89. The summed E-state index contributed by atoms with van der Waals surface area (Å²) in [4.78, 5) is 4.13. The van der Waals surface area contributed by atoms with Crippen LogP contribution >= 0.6 is 0 Å². The fraction of sp³-hybridized carbons (Fsp3) is 0.167. The zero-order valence-corrected chi connectivity index (χ0v) is 14.9. The smallest absolute Gasteiger partial charge is 0.405 e. The number of aromatic nitrogens is 1. The summed E-state index contributed by atoms with van der Waals surface area (Å²) in [5.74, 6) is -0.459. The Morgan fingerprint density at radius 2 is 1.85 bits per heavy atom. The molecule has 0 radical (unpaired) electrons. The summed E-state index contributed by atoms with van der Waals surface area (Å²) in [5.41, 5.74) is 1.22. The summed E-state index contributed by atoms with van der Waals surface area (Å²) in [7, 11) is -4.01. The summed E-state index contributed by atoms with van der Waals surface area (Å²) in [6.07, 6.45) is -3.32. The minimum absolute atomic E-state index is 0.0470. The molecule has 0 bridgehead atoms. The molecule has 0 unspecified atom stereocenters. The molecule has 0 fully saturated rings. The molecule has 3 rings (SSSR count). The monoisotopic (exact) mass is 396 g/mol. The molecule has 9 heteroatoms. The van der Waals surface area contributed by atoms with Crippen LogP contribution < -0.4 is 9.46 Å². The summed E-state index contributed by atoms with van der Waals surface area (Å²) in [5, 5.41) is 0.652. The van der Waals surface area contributed by atoms with Crippen molar-refractivity contribution in [1.29, 1.82) is 0 Å². The molecule has 0 amide bonds. The maximum atomic E-state index is 12.7. The standard InChI is InChI=1S/C18H15F3N2O3S/c1-12-9-13-6-4-8-16(17(13)22-10-12)27(24,25)23-11-14-5-2-3-7-15(14)26-18(19,20)21/h2-10,23H,11H2,1H3. The van der Waals surface area contributed by atoms with E-state index in [9.17, 15) is 21.6 Å².